The zero-order valence-electron chi connectivity index (χ0n) is 15.7. The molecule has 0 aliphatic rings. The number of ether oxygens (including phenoxy) is 2. The summed E-state index contributed by atoms with van der Waals surface area (Å²) in [7, 11) is 0. The van der Waals surface area contributed by atoms with E-state index in [1.165, 1.54) is 0 Å². The zero-order valence-corrected chi connectivity index (χ0v) is 15.7. The molecule has 5 heteroatoms. The van der Waals surface area contributed by atoms with Gasteiger partial charge >= 0.3 is 11.9 Å². The molecule has 5 nitrogen and oxygen atoms in total. The molecule has 0 unspecified atom stereocenters. The van der Waals surface area contributed by atoms with Crippen molar-refractivity contribution < 1.29 is 19.1 Å². The second kappa shape index (κ2) is 13.9. The van der Waals surface area contributed by atoms with Gasteiger partial charge in [-0.15, -0.1) is 0 Å². The molecule has 0 heterocycles. The highest BCUT2D eigenvalue weighted by Crippen LogP contribution is 2.14. The van der Waals surface area contributed by atoms with Crippen LogP contribution >= 0.6 is 0 Å². The maximum absolute atomic E-state index is 11.7. The molecule has 0 saturated carbocycles. The number of benzene rings is 1. The van der Waals surface area contributed by atoms with Crippen LogP contribution in [0.3, 0.4) is 0 Å². The summed E-state index contributed by atoms with van der Waals surface area (Å²) in [5, 5.41) is 8.72. The van der Waals surface area contributed by atoms with Gasteiger partial charge in [-0.2, -0.15) is 5.26 Å². The molecule has 0 aromatic heterocycles. The maximum Gasteiger partial charge on any atom is 0.311 e. The zero-order chi connectivity index (χ0) is 19.0. The number of hydrogen-bond acceptors (Lipinski definition) is 5. The van der Waals surface area contributed by atoms with Gasteiger partial charge in [-0.1, -0.05) is 39.0 Å². The normalized spacial score (nSPS) is 10.2. The fraction of sp³-hybridized carbons (Fsp3) is 0.571. The first-order valence-electron chi connectivity index (χ1n) is 9.52. The van der Waals surface area contributed by atoms with Gasteiger partial charge in [0.25, 0.3) is 0 Å². The van der Waals surface area contributed by atoms with Crippen LogP contribution in [0.15, 0.2) is 24.3 Å². The molecule has 26 heavy (non-hydrogen) atoms. The minimum absolute atomic E-state index is 0.0935. The molecule has 1 rings (SSSR count). The molecule has 0 fully saturated rings. The van der Waals surface area contributed by atoms with Crippen molar-refractivity contribution in [2.24, 2.45) is 0 Å². The van der Waals surface area contributed by atoms with Gasteiger partial charge in [0.05, 0.1) is 18.2 Å². The van der Waals surface area contributed by atoms with Gasteiger partial charge in [0.1, 0.15) is 5.75 Å². The molecular formula is C21H29NO4. The lowest BCUT2D eigenvalue weighted by Gasteiger charge is -2.05. The molecule has 0 spiro atoms. The predicted octanol–water partition coefficient (Wildman–Crippen LogP) is 4.93. The van der Waals surface area contributed by atoms with E-state index in [0.29, 0.717) is 30.8 Å². The second-order valence-electron chi connectivity index (χ2n) is 6.31. The Morgan fingerprint density at radius 2 is 1.46 bits per heavy atom. The van der Waals surface area contributed by atoms with Crippen LogP contribution in [0.2, 0.25) is 0 Å². The van der Waals surface area contributed by atoms with Gasteiger partial charge in [-0.05, 0) is 43.5 Å². The van der Waals surface area contributed by atoms with Crippen molar-refractivity contribution in [2.75, 3.05) is 6.61 Å². The molecule has 1 aromatic carbocycles. The van der Waals surface area contributed by atoms with E-state index in [1.54, 1.807) is 24.3 Å². The molecule has 0 aliphatic carbocycles. The Balaban J connectivity index is 1.97. The van der Waals surface area contributed by atoms with Crippen molar-refractivity contribution in [3.8, 4) is 11.8 Å². The highest BCUT2D eigenvalue weighted by molar-refractivity contribution is 5.72. The summed E-state index contributed by atoms with van der Waals surface area (Å²) in [4.78, 5) is 23.2. The van der Waals surface area contributed by atoms with Gasteiger partial charge in [-0.3, -0.25) is 9.59 Å². The third-order valence-corrected chi connectivity index (χ3v) is 3.99. The maximum atomic E-state index is 11.7. The number of esters is 2. The monoisotopic (exact) mass is 359 g/mol. The summed E-state index contributed by atoms with van der Waals surface area (Å²) in [5.74, 6) is 0.133. The fourth-order valence-electron chi connectivity index (χ4n) is 2.43. The van der Waals surface area contributed by atoms with E-state index in [0.717, 1.165) is 51.4 Å². The Kier molecular flexibility index (Phi) is 11.6. The quantitative estimate of drug-likeness (QED) is 0.283. The van der Waals surface area contributed by atoms with Crippen molar-refractivity contribution in [2.45, 2.75) is 71.1 Å². The molecule has 142 valence electrons. The van der Waals surface area contributed by atoms with Crippen LogP contribution in [-0.2, 0) is 14.3 Å². The number of hydrogen-bond donors (Lipinski definition) is 0. The highest BCUT2D eigenvalue weighted by atomic mass is 16.5. The third kappa shape index (κ3) is 10.5. The van der Waals surface area contributed by atoms with Gasteiger partial charge < -0.3 is 9.47 Å². The van der Waals surface area contributed by atoms with Gasteiger partial charge in [0.15, 0.2) is 0 Å². The number of carbonyl (C=O) groups is 2. The van der Waals surface area contributed by atoms with E-state index in [2.05, 4.69) is 6.92 Å². The lowest BCUT2D eigenvalue weighted by Crippen LogP contribution is -2.07. The minimum Gasteiger partial charge on any atom is -0.466 e. The molecule has 0 amide bonds. The fourth-order valence-corrected chi connectivity index (χ4v) is 2.43. The number of rotatable bonds is 13. The van der Waals surface area contributed by atoms with Crippen molar-refractivity contribution in [3.05, 3.63) is 29.8 Å². The average molecular weight is 359 g/mol. The summed E-state index contributed by atoms with van der Waals surface area (Å²) in [6.07, 6.45) is 8.63. The SMILES string of the molecule is CCCCOC(=O)CCCCCCCCC(=O)Oc1ccc(C#N)cc1. The van der Waals surface area contributed by atoms with Crippen LogP contribution in [0.4, 0.5) is 0 Å². The lowest BCUT2D eigenvalue weighted by molar-refractivity contribution is -0.144. The molecule has 1 aromatic rings. The predicted molar refractivity (Wildman–Crippen MR) is 99.6 cm³/mol. The highest BCUT2D eigenvalue weighted by Gasteiger charge is 2.05. The molecule has 0 N–H and O–H groups in total. The van der Waals surface area contributed by atoms with E-state index in [4.69, 9.17) is 14.7 Å². The van der Waals surface area contributed by atoms with Crippen molar-refractivity contribution >= 4 is 11.9 Å². The van der Waals surface area contributed by atoms with Crippen molar-refractivity contribution in [1.82, 2.24) is 0 Å². The van der Waals surface area contributed by atoms with Crippen LogP contribution in [0.1, 0.15) is 76.7 Å². The van der Waals surface area contributed by atoms with E-state index >= 15 is 0 Å². The van der Waals surface area contributed by atoms with Crippen LogP contribution < -0.4 is 4.74 Å². The van der Waals surface area contributed by atoms with Crippen LogP contribution in [0, 0.1) is 11.3 Å². The Bertz CT molecular complexity index is 575. The molecule has 0 radical (unpaired) electrons. The Labute approximate surface area is 156 Å². The largest absolute Gasteiger partial charge is 0.466 e. The Morgan fingerprint density at radius 3 is 2.04 bits per heavy atom. The summed E-state index contributed by atoms with van der Waals surface area (Å²) in [6, 6.07) is 8.53. The topological polar surface area (TPSA) is 76.4 Å². The summed E-state index contributed by atoms with van der Waals surface area (Å²) in [6.45, 7) is 2.61. The first-order valence-corrected chi connectivity index (χ1v) is 9.52. The van der Waals surface area contributed by atoms with Crippen LogP contribution in [-0.4, -0.2) is 18.5 Å². The van der Waals surface area contributed by atoms with E-state index < -0.39 is 0 Å². The molecule has 0 atom stereocenters. The van der Waals surface area contributed by atoms with Crippen LogP contribution in [0.25, 0.3) is 0 Å². The standard InChI is InChI=1S/C21H29NO4/c1-2-3-16-25-20(23)10-8-6-4-5-7-9-11-21(24)26-19-14-12-18(17-22)13-15-19/h12-15H,2-11,16H2,1H3. The Hall–Kier alpha value is -2.35. The molecule has 0 aliphatic heterocycles. The van der Waals surface area contributed by atoms with E-state index in [9.17, 15) is 9.59 Å². The van der Waals surface area contributed by atoms with Gasteiger partial charge in [0.2, 0.25) is 0 Å². The van der Waals surface area contributed by atoms with Crippen molar-refractivity contribution in [3.63, 3.8) is 0 Å². The van der Waals surface area contributed by atoms with Crippen LogP contribution in [0.5, 0.6) is 5.75 Å². The van der Waals surface area contributed by atoms with E-state index in [1.807, 2.05) is 6.07 Å². The smallest absolute Gasteiger partial charge is 0.311 e. The number of nitriles is 1. The second-order valence-corrected chi connectivity index (χ2v) is 6.31. The van der Waals surface area contributed by atoms with Gasteiger partial charge in [0, 0.05) is 12.8 Å². The van der Waals surface area contributed by atoms with Crippen molar-refractivity contribution in [1.29, 1.82) is 5.26 Å². The summed E-state index contributed by atoms with van der Waals surface area (Å²) < 4.78 is 10.3. The Morgan fingerprint density at radius 1 is 0.885 bits per heavy atom. The number of carbonyl (C=O) groups excluding carboxylic acids is 2. The molecule has 0 saturated heterocycles. The average Bonchev–Trinajstić information content (AvgIpc) is 2.64. The number of unbranched alkanes of at least 4 members (excludes halogenated alkanes) is 6. The molecule has 0 bridgehead atoms. The minimum atomic E-state index is -0.246. The van der Waals surface area contributed by atoms with E-state index in [-0.39, 0.29) is 11.9 Å². The lowest BCUT2D eigenvalue weighted by atomic mass is 10.1. The van der Waals surface area contributed by atoms with Gasteiger partial charge in [-0.25, -0.2) is 0 Å². The summed E-state index contributed by atoms with van der Waals surface area (Å²) in [5.41, 5.74) is 0.541. The summed E-state index contributed by atoms with van der Waals surface area (Å²) >= 11 is 0. The third-order valence-electron chi connectivity index (χ3n) is 3.99. The first-order chi connectivity index (χ1) is 12.7. The first kappa shape index (κ1) is 21.7. The molecular weight excluding hydrogens is 330 g/mol. The number of nitrogens with zero attached hydrogens (tertiary/aromatic N) is 1.